The van der Waals surface area contributed by atoms with Gasteiger partial charge < -0.3 is 14.8 Å². The Hall–Kier alpha value is -3.44. The Kier molecular flexibility index (Phi) is 5.27. The van der Waals surface area contributed by atoms with Crippen molar-refractivity contribution in [2.75, 3.05) is 4.90 Å². The molecule has 2 unspecified atom stereocenters. The fourth-order valence-electron chi connectivity index (χ4n) is 4.72. The fraction of sp³-hybridized carbons (Fsp3) is 0.185. The number of pyridine rings is 1. The van der Waals surface area contributed by atoms with Crippen LogP contribution in [-0.2, 0) is 0 Å². The molecule has 0 radical (unpaired) electrons. The third-order valence-electron chi connectivity index (χ3n) is 6.21. The Morgan fingerprint density at radius 1 is 0.844 bits per heavy atom. The van der Waals surface area contributed by atoms with Gasteiger partial charge in [0.05, 0.1) is 17.8 Å². The number of thiocarbonyl (C=S) groups is 1. The molecule has 1 saturated heterocycles. The van der Waals surface area contributed by atoms with Gasteiger partial charge in [-0.2, -0.15) is 0 Å². The van der Waals surface area contributed by atoms with Gasteiger partial charge in [0.25, 0.3) is 0 Å². The molecule has 0 spiro atoms. The van der Waals surface area contributed by atoms with Crippen molar-refractivity contribution in [3.8, 4) is 5.69 Å². The number of hydrogen-bond acceptors (Lipinski definition) is 2. The van der Waals surface area contributed by atoms with E-state index in [1.165, 1.54) is 28.2 Å². The molecule has 2 atom stereocenters. The van der Waals surface area contributed by atoms with Crippen LogP contribution in [0.1, 0.15) is 40.3 Å². The minimum absolute atomic E-state index is 0.00908. The number of aromatic nitrogens is 2. The van der Waals surface area contributed by atoms with Crippen molar-refractivity contribution in [3.05, 3.63) is 113 Å². The number of aryl methyl sites for hydroxylation is 2. The molecular formula is C27H26N4S. The van der Waals surface area contributed by atoms with Gasteiger partial charge in [0.1, 0.15) is 0 Å². The molecule has 5 rings (SSSR count). The number of anilines is 1. The summed E-state index contributed by atoms with van der Waals surface area (Å²) in [6.45, 7) is 6.48. The Bertz CT molecular complexity index is 1250. The summed E-state index contributed by atoms with van der Waals surface area (Å²) in [7, 11) is 0. The molecule has 1 aliphatic heterocycles. The highest BCUT2D eigenvalue weighted by Crippen LogP contribution is 2.43. The zero-order chi connectivity index (χ0) is 22.2. The van der Waals surface area contributed by atoms with Gasteiger partial charge in [-0.15, -0.1) is 0 Å². The van der Waals surface area contributed by atoms with Gasteiger partial charge >= 0.3 is 0 Å². The van der Waals surface area contributed by atoms with E-state index >= 15 is 0 Å². The van der Waals surface area contributed by atoms with Gasteiger partial charge in [-0.25, -0.2) is 0 Å². The van der Waals surface area contributed by atoms with E-state index in [-0.39, 0.29) is 12.1 Å². The van der Waals surface area contributed by atoms with Crippen LogP contribution < -0.4 is 10.2 Å². The molecule has 4 nitrogen and oxygen atoms in total. The van der Waals surface area contributed by atoms with Gasteiger partial charge in [0.15, 0.2) is 5.11 Å². The van der Waals surface area contributed by atoms with E-state index in [0.29, 0.717) is 0 Å². The molecule has 0 saturated carbocycles. The highest BCUT2D eigenvalue weighted by atomic mass is 32.1. The Morgan fingerprint density at radius 3 is 2.25 bits per heavy atom. The van der Waals surface area contributed by atoms with Crippen LogP contribution >= 0.6 is 12.2 Å². The van der Waals surface area contributed by atoms with Crippen molar-refractivity contribution in [2.45, 2.75) is 32.9 Å². The normalized spacial score (nSPS) is 18.1. The molecule has 32 heavy (non-hydrogen) atoms. The monoisotopic (exact) mass is 438 g/mol. The van der Waals surface area contributed by atoms with Crippen molar-refractivity contribution in [3.63, 3.8) is 0 Å². The molecule has 0 aliphatic carbocycles. The minimum Gasteiger partial charge on any atom is -0.351 e. The van der Waals surface area contributed by atoms with E-state index in [4.69, 9.17) is 12.2 Å². The van der Waals surface area contributed by atoms with Crippen LogP contribution in [0.15, 0.2) is 85.1 Å². The highest BCUT2D eigenvalue weighted by molar-refractivity contribution is 7.80. The second-order valence-corrected chi connectivity index (χ2v) is 8.72. The van der Waals surface area contributed by atoms with Crippen LogP contribution in [0.4, 0.5) is 5.69 Å². The van der Waals surface area contributed by atoms with E-state index in [2.05, 4.69) is 101 Å². The number of para-hydroxylation sites is 1. The quantitative estimate of drug-likeness (QED) is 0.398. The summed E-state index contributed by atoms with van der Waals surface area (Å²) >= 11 is 5.85. The van der Waals surface area contributed by atoms with E-state index in [0.717, 1.165) is 16.5 Å². The van der Waals surface area contributed by atoms with Gasteiger partial charge in [0.2, 0.25) is 0 Å². The average molecular weight is 439 g/mol. The van der Waals surface area contributed by atoms with Gasteiger partial charge in [0, 0.05) is 29.0 Å². The molecule has 1 aliphatic rings. The molecule has 1 N–H and O–H groups in total. The zero-order valence-electron chi connectivity index (χ0n) is 18.5. The number of hydrogen-bond donors (Lipinski definition) is 1. The summed E-state index contributed by atoms with van der Waals surface area (Å²) in [6.07, 6.45) is 1.85. The van der Waals surface area contributed by atoms with Crippen LogP contribution in [0, 0.1) is 20.8 Å². The van der Waals surface area contributed by atoms with Crippen molar-refractivity contribution in [1.29, 1.82) is 0 Å². The van der Waals surface area contributed by atoms with E-state index in [1.54, 1.807) is 0 Å². The molecule has 5 heteroatoms. The zero-order valence-corrected chi connectivity index (χ0v) is 19.3. The Labute approximate surface area is 194 Å². The van der Waals surface area contributed by atoms with Crippen LogP contribution in [0.3, 0.4) is 0 Å². The van der Waals surface area contributed by atoms with Crippen LogP contribution in [0.25, 0.3) is 5.69 Å². The lowest BCUT2D eigenvalue weighted by molar-refractivity contribution is 0.565. The van der Waals surface area contributed by atoms with Gasteiger partial charge in [-0.05, 0) is 81.0 Å². The van der Waals surface area contributed by atoms with Crippen molar-refractivity contribution < 1.29 is 0 Å². The molecule has 2 aromatic carbocycles. The second-order valence-electron chi connectivity index (χ2n) is 8.33. The van der Waals surface area contributed by atoms with Gasteiger partial charge in [-0.1, -0.05) is 42.0 Å². The van der Waals surface area contributed by atoms with Crippen molar-refractivity contribution in [2.24, 2.45) is 0 Å². The lowest BCUT2D eigenvalue weighted by Gasteiger charge is -2.28. The maximum Gasteiger partial charge on any atom is 0.174 e. The number of nitrogens with one attached hydrogen (secondary N) is 1. The van der Waals surface area contributed by atoms with E-state index < -0.39 is 0 Å². The van der Waals surface area contributed by atoms with Crippen LogP contribution in [-0.4, -0.2) is 14.7 Å². The Balaban J connectivity index is 1.67. The van der Waals surface area contributed by atoms with Gasteiger partial charge in [-0.3, -0.25) is 4.98 Å². The lowest BCUT2D eigenvalue weighted by Crippen LogP contribution is -2.29. The maximum absolute atomic E-state index is 5.85. The molecular weight excluding hydrogens is 412 g/mol. The van der Waals surface area contributed by atoms with Crippen molar-refractivity contribution in [1.82, 2.24) is 14.9 Å². The highest BCUT2D eigenvalue weighted by Gasteiger charge is 2.42. The predicted octanol–water partition coefficient (Wildman–Crippen LogP) is 5.97. The standard InChI is InChI=1S/C27H26N4S/c1-18-12-14-22(15-13-18)30-19(2)17-23(20(30)3)26-25(24-11-7-8-16-28-24)29-27(32)31(26)21-9-5-4-6-10-21/h4-17,25-26H,1-3H3,(H,29,32). The first-order valence-electron chi connectivity index (χ1n) is 10.9. The van der Waals surface area contributed by atoms with Crippen LogP contribution in [0.2, 0.25) is 0 Å². The van der Waals surface area contributed by atoms with E-state index in [9.17, 15) is 0 Å². The first-order valence-corrected chi connectivity index (χ1v) is 11.3. The number of rotatable bonds is 4. The molecule has 2 aromatic heterocycles. The molecule has 3 heterocycles. The third kappa shape index (κ3) is 3.49. The summed E-state index contributed by atoms with van der Waals surface area (Å²) < 4.78 is 2.33. The predicted molar refractivity (Wildman–Crippen MR) is 134 cm³/mol. The first-order chi connectivity index (χ1) is 15.5. The molecule has 4 aromatic rings. The minimum atomic E-state index is -0.0455. The summed E-state index contributed by atoms with van der Waals surface area (Å²) in [6, 6.07) is 27.3. The SMILES string of the molecule is Cc1ccc(-n2c(C)cc(C3C(c4ccccn4)NC(=S)N3c3ccccc3)c2C)cc1. The number of nitrogens with zero attached hydrogens (tertiary/aromatic N) is 3. The van der Waals surface area contributed by atoms with Crippen molar-refractivity contribution >= 4 is 23.0 Å². The van der Waals surface area contributed by atoms with Crippen LogP contribution in [0.5, 0.6) is 0 Å². The second kappa shape index (κ2) is 8.24. The summed E-state index contributed by atoms with van der Waals surface area (Å²) in [4.78, 5) is 6.90. The topological polar surface area (TPSA) is 33.1 Å². The summed E-state index contributed by atoms with van der Waals surface area (Å²) in [5.41, 5.74) is 8.15. The largest absolute Gasteiger partial charge is 0.351 e. The maximum atomic E-state index is 5.85. The fourth-order valence-corrected chi connectivity index (χ4v) is 5.06. The first kappa shape index (κ1) is 20.5. The smallest absolute Gasteiger partial charge is 0.174 e. The Morgan fingerprint density at radius 2 is 1.56 bits per heavy atom. The lowest BCUT2D eigenvalue weighted by atomic mass is 9.96. The summed E-state index contributed by atoms with van der Waals surface area (Å²) in [5, 5.41) is 4.28. The average Bonchev–Trinajstić information content (AvgIpc) is 3.31. The molecule has 0 bridgehead atoms. The third-order valence-corrected chi connectivity index (χ3v) is 6.53. The molecule has 1 fully saturated rings. The van der Waals surface area contributed by atoms with E-state index in [1.807, 2.05) is 24.4 Å². The molecule has 160 valence electrons. The molecule has 0 amide bonds. The summed E-state index contributed by atoms with van der Waals surface area (Å²) in [5.74, 6) is 0. The number of benzene rings is 2.